The summed E-state index contributed by atoms with van der Waals surface area (Å²) in [5.74, 6) is -2.60. The fraction of sp³-hybridized carbons (Fsp3) is 0.217. The number of H-pyrrole nitrogens is 2. The van der Waals surface area contributed by atoms with Crippen LogP contribution in [0.25, 0.3) is 44.5 Å². The van der Waals surface area contributed by atoms with E-state index in [1.54, 1.807) is 35.9 Å². The lowest BCUT2D eigenvalue weighted by Crippen LogP contribution is -2.24. The summed E-state index contributed by atoms with van der Waals surface area (Å²) in [5.41, 5.74) is 5.99. The van der Waals surface area contributed by atoms with Crippen molar-refractivity contribution in [2.45, 2.75) is 18.9 Å². The minimum absolute atomic E-state index is 0.0895. The first-order valence-corrected chi connectivity index (χ1v) is 10.4. The van der Waals surface area contributed by atoms with E-state index < -0.39 is 5.92 Å². The van der Waals surface area contributed by atoms with E-state index in [9.17, 15) is 8.78 Å². The smallest absolute Gasteiger partial charge is 0.261 e. The van der Waals surface area contributed by atoms with E-state index in [1.807, 2.05) is 24.3 Å². The van der Waals surface area contributed by atoms with Crippen molar-refractivity contribution >= 4 is 21.9 Å². The molecule has 1 saturated heterocycles. The molecule has 32 heavy (non-hydrogen) atoms. The van der Waals surface area contributed by atoms with Crippen molar-refractivity contribution in [3.8, 4) is 22.5 Å². The van der Waals surface area contributed by atoms with Crippen molar-refractivity contribution in [3.63, 3.8) is 0 Å². The first-order chi connectivity index (χ1) is 15.5. The van der Waals surface area contributed by atoms with Crippen LogP contribution < -0.4 is 0 Å². The van der Waals surface area contributed by atoms with E-state index in [0.29, 0.717) is 18.7 Å². The summed E-state index contributed by atoms with van der Waals surface area (Å²) in [6, 6.07) is 7.94. The van der Waals surface area contributed by atoms with Gasteiger partial charge >= 0.3 is 0 Å². The summed E-state index contributed by atoms with van der Waals surface area (Å²) in [7, 11) is 0. The third-order valence-electron chi connectivity index (χ3n) is 5.88. The zero-order valence-electron chi connectivity index (χ0n) is 17.0. The minimum atomic E-state index is -2.60. The number of hydrogen-bond donors (Lipinski definition) is 2. The van der Waals surface area contributed by atoms with Crippen LogP contribution in [0.15, 0.2) is 55.2 Å². The van der Waals surface area contributed by atoms with E-state index in [1.165, 1.54) is 0 Å². The molecule has 0 bridgehead atoms. The maximum Gasteiger partial charge on any atom is 0.261 e. The predicted octanol–water partition coefficient (Wildman–Crippen LogP) is 4.40. The Morgan fingerprint density at radius 1 is 1.03 bits per heavy atom. The molecule has 1 aliphatic heterocycles. The number of fused-ring (bicyclic) bond motifs is 2. The third-order valence-corrected chi connectivity index (χ3v) is 5.88. The molecule has 6 rings (SSSR count). The first-order valence-electron chi connectivity index (χ1n) is 10.4. The van der Waals surface area contributed by atoms with Gasteiger partial charge in [-0.1, -0.05) is 0 Å². The number of aromatic amines is 2. The first kappa shape index (κ1) is 19.0. The number of nitrogens with one attached hydrogen (secondary N) is 2. The molecule has 160 valence electrons. The topological polar surface area (TPSA) is 86.4 Å². The highest BCUT2D eigenvalue weighted by molar-refractivity contribution is 5.95. The molecule has 1 fully saturated rings. The molecule has 0 aromatic carbocycles. The number of halogens is 2. The normalized spacial score (nSPS) is 16.3. The highest BCUT2D eigenvalue weighted by Gasteiger charge is 2.37. The van der Waals surface area contributed by atoms with Gasteiger partial charge in [0.25, 0.3) is 5.92 Å². The number of alkyl halides is 2. The molecule has 0 amide bonds. The van der Waals surface area contributed by atoms with Crippen LogP contribution in [-0.4, -0.2) is 54.0 Å². The summed E-state index contributed by atoms with van der Waals surface area (Å²) in [5, 5.41) is 9.34. The molecule has 0 aliphatic carbocycles. The molecule has 0 unspecified atom stereocenters. The molecule has 0 spiro atoms. The number of aromatic nitrogens is 6. The van der Waals surface area contributed by atoms with Crippen molar-refractivity contribution in [1.29, 1.82) is 0 Å². The maximum absolute atomic E-state index is 13.5. The Bertz CT molecular complexity index is 1410. The van der Waals surface area contributed by atoms with Gasteiger partial charge in [-0.3, -0.25) is 20.0 Å². The van der Waals surface area contributed by atoms with Gasteiger partial charge in [-0.25, -0.2) is 13.8 Å². The van der Waals surface area contributed by atoms with Crippen LogP contribution in [0.4, 0.5) is 8.78 Å². The number of nitrogens with zero attached hydrogens (tertiary/aromatic N) is 5. The second kappa shape index (κ2) is 7.16. The highest BCUT2D eigenvalue weighted by atomic mass is 19.3. The molecule has 9 heteroatoms. The second-order valence-electron chi connectivity index (χ2n) is 8.24. The largest absolute Gasteiger partial charge is 0.353 e. The van der Waals surface area contributed by atoms with Crippen LogP contribution in [0.5, 0.6) is 0 Å². The van der Waals surface area contributed by atoms with Crippen molar-refractivity contribution in [2.24, 2.45) is 0 Å². The molecule has 0 saturated carbocycles. The maximum atomic E-state index is 13.5. The van der Waals surface area contributed by atoms with E-state index >= 15 is 0 Å². The summed E-state index contributed by atoms with van der Waals surface area (Å²) in [4.78, 5) is 18.2. The summed E-state index contributed by atoms with van der Waals surface area (Å²) in [6.45, 7) is 0.637. The number of pyridine rings is 3. The SMILES string of the molecule is FC1(F)CCN(Cc2cncc(-c3cnc4[nH]nc(-c5cc6cnccc6[nH]5)c4c3)c2)C1. The van der Waals surface area contributed by atoms with Gasteiger partial charge in [0.2, 0.25) is 0 Å². The standard InChI is InChI=1S/C23H19F2N7/c24-23(25)2-4-32(13-23)12-14-5-15(9-27-8-14)16-6-18-21(30-31-22(18)28-11-16)20-7-17-10-26-3-1-19(17)29-20/h1,3,5-11,29H,2,4,12-13H2,(H,28,30,31). The zero-order valence-corrected chi connectivity index (χ0v) is 17.0. The zero-order chi connectivity index (χ0) is 21.7. The fourth-order valence-electron chi connectivity index (χ4n) is 4.30. The molecule has 6 heterocycles. The van der Waals surface area contributed by atoms with Gasteiger partial charge < -0.3 is 4.98 Å². The molecule has 5 aromatic rings. The van der Waals surface area contributed by atoms with Gasteiger partial charge in [0, 0.05) is 77.9 Å². The van der Waals surface area contributed by atoms with Crippen molar-refractivity contribution < 1.29 is 8.78 Å². The molecule has 5 aromatic heterocycles. The Morgan fingerprint density at radius 2 is 1.94 bits per heavy atom. The van der Waals surface area contributed by atoms with Gasteiger partial charge in [-0.2, -0.15) is 5.10 Å². The quantitative estimate of drug-likeness (QED) is 0.440. The van der Waals surface area contributed by atoms with E-state index in [2.05, 4.69) is 30.1 Å². The van der Waals surface area contributed by atoms with Crippen molar-refractivity contribution in [3.05, 3.63) is 60.8 Å². The molecule has 7 nitrogen and oxygen atoms in total. The minimum Gasteiger partial charge on any atom is -0.353 e. The Balaban J connectivity index is 1.34. The summed E-state index contributed by atoms with van der Waals surface area (Å²) in [6.07, 6.45) is 8.72. The molecule has 0 atom stereocenters. The average Bonchev–Trinajstić information content (AvgIpc) is 3.49. The molecule has 2 N–H and O–H groups in total. The molecule has 1 aliphatic rings. The summed E-state index contributed by atoms with van der Waals surface area (Å²) < 4.78 is 27.0. The van der Waals surface area contributed by atoms with E-state index in [-0.39, 0.29) is 13.0 Å². The van der Waals surface area contributed by atoms with Crippen molar-refractivity contribution in [2.75, 3.05) is 13.1 Å². The average molecular weight is 431 g/mol. The Morgan fingerprint density at radius 3 is 2.78 bits per heavy atom. The Kier molecular flexibility index (Phi) is 4.25. The molecular weight excluding hydrogens is 412 g/mol. The second-order valence-corrected chi connectivity index (χ2v) is 8.24. The number of rotatable bonds is 4. The van der Waals surface area contributed by atoms with Crippen LogP contribution in [0.1, 0.15) is 12.0 Å². The van der Waals surface area contributed by atoms with Crippen LogP contribution in [0.2, 0.25) is 0 Å². The number of hydrogen-bond acceptors (Lipinski definition) is 5. The van der Waals surface area contributed by atoms with Crippen LogP contribution in [0, 0.1) is 0 Å². The predicted molar refractivity (Wildman–Crippen MR) is 117 cm³/mol. The lowest BCUT2D eigenvalue weighted by atomic mass is 10.1. The van der Waals surface area contributed by atoms with Gasteiger partial charge in [0.05, 0.1) is 12.2 Å². The monoisotopic (exact) mass is 431 g/mol. The van der Waals surface area contributed by atoms with Crippen LogP contribution in [-0.2, 0) is 6.54 Å². The lowest BCUT2D eigenvalue weighted by molar-refractivity contribution is 0.0115. The fourth-order valence-corrected chi connectivity index (χ4v) is 4.30. The van der Waals surface area contributed by atoms with Gasteiger partial charge in [-0.15, -0.1) is 0 Å². The van der Waals surface area contributed by atoms with Crippen molar-refractivity contribution in [1.82, 2.24) is 35.0 Å². The van der Waals surface area contributed by atoms with E-state index in [0.717, 1.165) is 44.4 Å². The third kappa shape index (κ3) is 3.40. The van der Waals surface area contributed by atoms with Gasteiger partial charge in [0.1, 0.15) is 5.69 Å². The van der Waals surface area contributed by atoms with E-state index in [4.69, 9.17) is 0 Å². The van der Waals surface area contributed by atoms with Gasteiger partial charge in [0.15, 0.2) is 5.65 Å². The molecule has 0 radical (unpaired) electrons. The lowest BCUT2D eigenvalue weighted by Gasteiger charge is -2.15. The highest BCUT2D eigenvalue weighted by Crippen LogP contribution is 2.31. The molecular formula is C23H19F2N7. The Labute approximate surface area is 181 Å². The number of likely N-dealkylation sites (tertiary alicyclic amines) is 1. The summed E-state index contributed by atoms with van der Waals surface area (Å²) >= 11 is 0. The van der Waals surface area contributed by atoms with Crippen LogP contribution >= 0.6 is 0 Å². The van der Waals surface area contributed by atoms with Crippen LogP contribution in [0.3, 0.4) is 0 Å². The van der Waals surface area contributed by atoms with Gasteiger partial charge in [-0.05, 0) is 29.8 Å². The Hall–Kier alpha value is -3.72.